The van der Waals surface area contributed by atoms with E-state index in [1.165, 1.54) is 6.07 Å². The van der Waals surface area contributed by atoms with Gasteiger partial charge in [0.1, 0.15) is 17.6 Å². The Morgan fingerprint density at radius 2 is 2.20 bits per heavy atom. The highest BCUT2D eigenvalue weighted by Crippen LogP contribution is 2.23. The molecule has 3 rings (SSSR count). The monoisotopic (exact) mass is 350 g/mol. The van der Waals surface area contributed by atoms with E-state index in [9.17, 15) is 13.6 Å². The predicted octanol–water partition coefficient (Wildman–Crippen LogP) is 1.64. The van der Waals surface area contributed by atoms with Gasteiger partial charge in [-0.05, 0) is 19.1 Å². The maximum absolute atomic E-state index is 13.3. The van der Waals surface area contributed by atoms with E-state index < -0.39 is 17.7 Å². The summed E-state index contributed by atoms with van der Waals surface area (Å²) in [6, 6.07) is 3.00. The summed E-state index contributed by atoms with van der Waals surface area (Å²) in [5, 5.41) is 3.26. The molecule has 1 amide bonds. The molecule has 2 atom stereocenters. The molecule has 1 aromatic carbocycles. The predicted molar refractivity (Wildman–Crippen MR) is 87.0 cm³/mol. The number of nitrogens with one attached hydrogen (secondary N) is 1. The van der Waals surface area contributed by atoms with Gasteiger partial charge in [0, 0.05) is 45.1 Å². The number of piperazine rings is 1. The molecule has 0 saturated carbocycles. The number of nitrogens with zero attached hydrogens (tertiary/aromatic N) is 3. The third-order valence-electron chi connectivity index (χ3n) is 4.23. The van der Waals surface area contributed by atoms with Crippen LogP contribution in [0.25, 0.3) is 0 Å². The van der Waals surface area contributed by atoms with Crippen molar-refractivity contribution < 1.29 is 18.3 Å². The average molecular weight is 350 g/mol. The van der Waals surface area contributed by atoms with Crippen molar-refractivity contribution in [3.63, 3.8) is 0 Å². The van der Waals surface area contributed by atoms with Gasteiger partial charge in [-0.15, -0.1) is 0 Å². The largest absolute Gasteiger partial charge is 0.481 e. The quantitative estimate of drug-likeness (QED) is 0.911. The third kappa shape index (κ3) is 3.63. The lowest BCUT2D eigenvalue weighted by molar-refractivity contribution is -0.141. The van der Waals surface area contributed by atoms with Gasteiger partial charge in [0.15, 0.2) is 17.7 Å². The van der Waals surface area contributed by atoms with Gasteiger partial charge in [0.25, 0.3) is 5.91 Å². The Morgan fingerprint density at radius 3 is 2.88 bits per heavy atom. The summed E-state index contributed by atoms with van der Waals surface area (Å²) >= 11 is 0. The molecule has 25 heavy (non-hydrogen) atoms. The summed E-state index contributed by atoms with van der Waals surface area (Å²) in [5.41, 5.74) is 0. The fourth-order valence-electron chi connectivity index (χ4n) is 2.94. The number of aromatic nitrogens is 2. The number of benzene rings is 1. The molecule has 2 unspecified atom stereocenters. The summed E-state index contributed by atoms with van der Waals surface area (Å²) in [6.07, 6.45) is 2.69. The van der Waals surface area contributed by atoms with Crippen molar-refractivity contribution in [1.29, 1.82) is 0 Å². The first-order valence-electron chi connectivity index (χ1n) is 8.07. The highest BCUT2D eigenvalue weighted by Gasteiger charge is 2.33. The molecule has 1 saturated heterocycles. The van der Waals surface area contributed by atoms with Crippen molar-refractivity contribution in [2.24, 2.45) is 7.05 Å². The van der Waals surface area contributed by atoms with Crippen molar-refractivity contribution >= 4 is 5.91 Å². The number of ether oxygens (including phenoxy) is 1. The van der Waals surface area contributed by atoms with Crippen LogP contribution in [-0.2, 0) is 11.8 Å². The molecular weight excluding hydrogens is 330 g/mol. The average Bonchev–Trinajstić information content (AvgIpc) is 3.03. The third-order valence-corrected chi connectivity index (χ3v) is 4.23. The van der Waals surface area contributed by atoms with Crippen LogP contribution in [0.3, 0.4) is 0 Å². The second-order valence-electron chi connectivity index (χ2n) is 5.98. The Bertz CT molecular complexity index is 765. The fourth-order valence-corrected chi connectivity index (χ4v) is 2.94. The topological polar surface area (TPSA) is 59.4 Å². The van der Waals surface area contributed by atoms with E-state index >= 15 is 0 Å². The molecule has 1 aromatic heterocycles. The van der Waals surface area contributed by atoms with Gasteiger partial charge in [-0.25, -0.2) is 13.8 Å². The fraction of sp³-hybridized carbons (Fsp3) is 0.412. The van der Waals surface area contributed by atoms with E-state index in [4.69, 9.17) is 4.74 Å². The molecule has 1 N–H and O–H groups in total. The van der Waals surface area contributed by atoms with Crippen molar-refractivity contribution in [3.8, 4) is 5.75 Å². The number of carbonyl (C=O) groups is 1. The van der Waals surface area contributed by atoms with Crippen LogP contribution in [-0.4, -0.2) is 46.1 Å². The summed E-state index contributed by atoms with van der Waals surface area (Å²) in [7, 11) is 1.88. The normalized spacial score (nSPS) is 18.9. The van der Waals surface area contributed by atoms with Crippen molar-refractivity contribution in [2.75, 3.05) is 19.6 Å². The Labute approximate surface area is 144 Å². The minimum atomic E-state index is -1.01. The standard InChI is InChI=1S/C17H20F2N4O2/c1-11(25-12-3-4-13(18)14(19)9-12)17(24)23-8-5-20-10-15(23)16-21-6-7-22(16)2/h3-4,6-7,9,11,15,20H,5,8,10H2,1-2H3. The lowest BCUT2D eigenvalue weighted by Gasteiger charge is -2.37. The second-order valence-corrected chi connectivity index (χ2v) is 5.98. The van der Waals surface area contributed by atoms with Gasteiger partial charge in [0.2, 0.25) is 0 Å². The van der Waals surface area contributed by atoms with Crippen LogP contribution in [0.15, 0.2) is 30.6 Å². The van der Waals surface area contributed by atoms with Crippen LogP contribution in [0.4, 0.5) is 8.78 Å². The first-order chi connectivity index (χ1) is 12.0. The number of hydrogen-bond acceptors (Lipinski definition) is 4. The van der Waals surface area contributed by atoms with Gasteiger partial charge in [0.05, 0.1) is 0 Å². The number of amides is 1. The van der Waals surface area contributed by atoms with Crippen molar-refractivity contribution in [1.82, 2.24) is 19.8 Å². The van der Waals surface area contributed by atoms with Crippen LogP contribution in [0.1, 0.15) is 18.8 Å². The molecule has 1 aliphatic heterocycles. The molecule has 0 aliphatic carbocycles. The number of carbonyl (C=O) groups excluding carboxylic acids is 1. The first-order valence-corrected chi connectivity index (χ1v) is 8.07. The Morgan fingerprint density at radius 1 is 1.40 bits per heavy atom. The van der Waals surface area contributed by atoms with E-state index in [1.54, 1.807) is 18.0 Å². The zero-order valence-electron chi connectivity index (χ0n) is 14.1. The molecule has 1 fully saturated rings. The number of rotatable bonds is 4. The number of halogens is 2. The summed E-state index contributed by atoms with van der Waals surface area (Å²) < 4.78 is 33.7. The smallest absolute Gasteiger partial charge is 0.264 e. The zero-order chi connectivity index (χ0) is 18.0. The highest BCUT2D eigenvalue weighted by atomic mass is 19.2. The van der Waals surface area contributed by atoms with Crippen LogP contribution < -0.4 is 10.1 Å². The van der Waals surface area contributed by atoms with Gasteiger partial charge >= 0.3 is 0 Å². The van der Waals surface area contributed by atoms with E-state index in [1.807, 2.05) is 17.8 Å². The van der Waals surface area contributed by atoms with Crippen LogP contribution in [0.2, 0.25) is 0 Å². The lowest BCUT2D eigenvalue weighted by Crippen LogP contribution is -2.52. The highest BCUT2D eigenvalue weighted by molar-refractivity contribution is 5.81. The van der Waals surface area contributed by atoms with E-state index in [0.29, 0.717) is 19.6 Å². The van der Waals surface area contributed by atoms with E-state index in [2.05, 4.69) is 10.3 Å². The van der Waals surface area contributed by atoms with E-state index in [0.717, 1.165) is 18.0 Å². The summed E-state index contributed by atoms with van der Waals surface area (Å²) in [6.45, 7) is 3.38. The maximum Gasteiger partial charge on any atom is 0.264 e. The van der Waals surface area contributed by atoms with Gasteiger partial charge in [-0.2, -0.15) is 0 Å². The van der Waals surface area contributed by atoms with Crippen molar-refractivity contribution in [2.45, 2.75) is 19.1 Å². The Kier molecular flexibility index (Phi) is 4.98. The Hall–Kier alpha value is -2.48. The summed E-state index contributed by atoms with van der Waals surface area (Å²) in [4.78, 5) is 18.9. The van der Waals surface area contributed by atoms with Gasteiger partial charge in [-0.1, -0.05) is 0 Å². The second kappa shape index (κ2) is 7.18. The molecule has 134 valence electrons. The molecule has 2 aromatic rings. The first kappa shape index (κ1) is 17.3. The maximum atomic E-state index is 13.3. The minimum Gasteiger partial charge on any atom is -0.481 e. The lowest BCUT2D eigenvalue weighted by atomic mass is 10.1. The molecule has 0 spiro atoms. The molecule has 1 aliphatic rings. The minimum absolute atomic E-state index is 0.114. The molecular formula is C17H20F2N4O2. The number of hydrogen-bond donors (Lipinski definition) is 1. The van der Waals surface area contributed by atoms with Crippen LogP contribution in [0.5, 0.6) is 5.75 Å². The molecule has 2 heterocycles. The van der Waals surface area contributed by atoms with Gasteiger partial charge in [-0.3, -0.25) is 4.79 Å². The SMILES string of the molecule is CC(Oc1ccc(F)c(F)c1)C(=O)N1CCNCC1c1nccn1C. The van der Waals surface area contributed by atoms with Gasteiger partial charge < -0.3 is 19.5 Å². The number of aryl methyl sites for hydroxylation is 1. The summed E-state index contributed by atoms with van der Waals surface area (Å²) in [5.74, 6) is -1.29. The van der Waals surface area contributed by atoms with Crippen LogP contribution in [0, 0.1) is 11.6 Å². The van der Waals surface area contributed by atoms with Crippen molar-refractivity contribution in [3.05, 3.63) is 48.1 Å². The zero-order valence-corrected chi connectivity index (χ0v) is 14.1. The Balaban J connectivity index is 1.75. The molecule has 8 heteroatoms. The molecule has 6 nitrogen and oxygen atoms in total. The number of imidazole rings is 1. The molecule has 0 bridgehead atoms. The molecule has 0 radical (unpaired) electrons. The van der Waals surface area contributed by atoms with Crippen LogP contribution >= 0.6 is 0 Å². The van der Waals surface area contributed by atoms with E-state index in [-0.39, 0.29) is 17.7 Å².